The molecule has 82 valence electrons. The molecular formula is C12H10ClIN2. The first-order chi connectivity index (χ1) is 7.58. The minimum absolute atomic E-state index is 0.518. The van der Waals surface area contributed by atoms with Crippen LogP contribution < -0.4 is 0 Å². The van der Waals surface area contributed by atoms with Gasteiger partial charge in [-0.3, -0.25) is 0 Å². The van der Waals surface area contributed by atoms with Crippen molar-refractivity contribution in [2.75, 3.05) is 0 Å². The van der Waals surface area contributed by atoms with Crippen LogP contribution in [0.4, 0.5) is 0 Å². The van der Waals surface area contributed by atoms with Crippen LogP contribution in [0.2, 0.25) is 5.15 Å². The van der Waals surface area contributed by atoms with E-state index in [0.717, 1.165) is 14.8 Å². The molecule has 0 amide bonds. The zero-order valence-electron chi connectivity index (χ0n) is 8.96. The van der Waals surface area contributed by atoms with Crippen molar-refractivity contribution < 1.29 is 0 Å². The monoisotopic (exact) mass is 344 g/mol. The molecule has 0 bridgehead atoms. The highest BCUT2D eigenvalue weighted by Gasteiger charge is 2.08. The second-order valence-corrected chi connectivity index (χ2v) is 5.04. The van der Waals surface area contributed by atoms with Gasteiger partial charge in [0.1, 0.15) is 5.15 Å². The largest absolute Gasteiger partial charge is 0.232 e. The second kappa shape index (κ2) is 4.67. The van der Waals surface area contributed by atoms with Gasteiger partial charge >= 0.3 is 0 Å². The Hall–Kier alpha value is -0.680. The molecule has 2 nitrogen and oxygen atoms in total. The van der Waals surface area contributed by atoms with Crippen molar-refractivity contribution in [3.63, 3.8) is 0 Å². The fraction of sp³-hybridized carbons (Fsp3) is 0.167. The second-order valence-electron chi connectivity index (χ2n) is 3.61. The van der Waals surface area contributed by atoms with Gasteiger partial charge in [-0.05, 0) is 42.5 Å². The first kappa shape index (κ1) is 11.8. The van der Waals surface area contributed by atoms with Gasteiger partial charge in [0.2, 0.25) is 0 Å². The Bertz CT molecular complexity index is 517. The lowest BCUT2D eigenvalue weighted by atomic mass is 10.1. The van der Waals surface area contributed by atoms with Crippen LogP contribution in [0.25, 0.3) is 11.4 Å². The Morgan fingerprint density at radius 1 is 1.19 bits per heavy atom. The van der Waals surface area contributed by atoms with Crippen molar-refractivity contribution in [2.24, 2.45) is 0 Å². The smallest absolute Gasteiger partial charge is 0.161 e. The lowest BCUT2D eigenvalue weighted by Crippen LogP contribution is -1.96. The maximum absolute atomic E-state index is 6.05. The number of aromatic nitrogens is 2. The van der Waals surface area contributed by atoms with Gasteiger partial charge in [0.05, 0.1) is 9.26 Å². The van der Waals surface area contributed by atoms with E-state index in [0.29, 0.717) is 11.0 Å². The molecule has 0 atom stereocenters. The molecule has 0 radical (unpaired) electrons. The highest BCUT2D eigenvalue weighted by atomic mass is 127. The lowest BCUT2D eigenvalue weighted by molar-refractivity contribution is 1.09. The summed E-state index contributed by atoms with van der Waals surface area (Å²) in [4.78, 5) is 8.73. The number of nitrogens with zero attached hydrogens (tertiary/aromatic N) is 2. The predicted molar refractivity (Wildman–Crippen MR) is 74.7 cm³/mol. The molecule has 0 aliphatic heterocycles. The van der Waals surface area contributed by atoms with Gasteiger partial charge in [0.15, 0.2) is 5.82 Å². The van der Waals surface area contributed by atoms with Crippen LogP contribution in [0, 0.1) is 17.4 Å². The van der Waals surface area contributed by atoms with Crippen LogP contribution in [0.5, 0.6) is 0 Å². The summed E-state index contributed by atoms with van der Waals surface area (Å²) in [6, 6.07) is 8.09. The van der Waals surface area contributed by atoms with Gasteiger partial charge in [-0.25, -0.2) is 9.97 Å². The zero-order chi connectivity index (χ0) is 11.7. The summed E-state index contributed by atoms with van der Waals surface area (Å²) in [6.45, 7) is 3.99. The summed E-state index contributed by atoms with van der Waals surface area (Å²) >= 11 is 8.20. The Morgan fingerprint density at radius 2 is 1.94 bits per heavy atom. The highest BCUT2D eigenvalue weighted by molar-refractivity contribution is 14.1. The van der Waals surface area contributed by atoms with Crippen LogP contribution in [0.3, 0.4) is 0 Å². The molecule has 2 rings (SSSR count). The first-order valence-corrected chi connectivity index (χ1v) is 6.30. The lowest BCUT2D eigenvalue weighted by Gasteiger charge is -2.05. The van der Waals surface area contributed by atoms with Gasteiger partial charge in [-0.1, -0.05) is 35.4 Å². The van der Waals surface area contributed by atoms with Gasteiger partial charge in [0, 0.05) is 5.56 Å². The predicted octanol–water partition coefficient (Wildman–Crippen LogP) is 4.02. The van der Waals surface area contributed by atoms with Crippen molar-refractivity contribution in [3.8, 4) is 11.4 Å². The van der Waals surface area contributed by atoms with E-state index in [2.05, 4.69) is 38.6 Å². The molecular weight excluding hydrogens is 335 g/mol. The van der Waals surface area contributed by atoms with Gasteiger partial charge in [-0.2, -0.15) is 0 Å². The van der Waals surface area contributed by atoms with Crippen LogP contribution >= 0.6 is 34.2 Å². The molecule has 16 heavy (non-hydrogen) atoms. The fourth-order valence-corrected chi connectivity index (χ4v) is 1.90. The topological polar surface area (TPSA) is 25.8 Å². The quantitative estimate of drug-likeness (QED) is 0.577. The molecule has 0 saturated heterocycles. The number of halogens is 2. The minimum atomic E-state index is 0.518. The maximum atomic E-state index is 6.05. The summed E-state index contributed by atoms with van der Waals surface area (Å²) in [5.41, 5.74) is 3.10. The van der Waals surface area contributed by atoms with E-state index >= 15 is 0 Å². The summed E-state index contributed by atoms with van der Waals surface area (Å²) in [5.74, 6) is 0.687. The van der Waals surface area contributed by atoms with Crippen molar-refractivity contribution >= 4 is 34.2 Å². The van der Waals surface area contributed by atoms with E-state index in [1.807, 2.05) is 32.0 Å². The Morgan fingerprint density at radius 3 is 2.56 bits per heavy atom. The molecule has 1 aromatic heterocycles. The zero-order valence-corrected chi connectivity index (χ0v) is 11.9. The molecule has 0 aliphatic carbocycles. The highest BCUT2D eigenvalue weighted by Crippen LogP contribution is 2.23. The first-order valence-electron chi connectivity index (χ1n) is 4.84. The Balaban J connectivity index is 2.57. The molecule has 0 saturated carbocycles. The average Bonchev–Trinajstić information content (AvgIpc) is 2.25. The molecule has 0 fully saturated rings. The Kier molecular flexibility index (Phi) is 3.44. The van der Waals surface area contributed by atoms with E-state index in [1.54, 1.807) is 0 Å². The SMILES string of the molecule is Cc1cccc(-c2nc(C)c(I)c(Cl)n2)c1. The third-order valence-corrected chi connectivity index (χ3v) is 4.14. The van der Waals surface area contributed by atoms with E-state index in [9.17, 15) is 0 Å². The summed E-state index contributed by atoms with van der Waals surface area (Å²) < 4.78 is 0.913. The average molecular weight is 345 g/mol. The van der Waals surface area contributed by atoms with E-state index in [-0.39, 0.29) is 0 Å². The number of hydrogen-bond acceptors (Lipinski definition) is 2. The standard InChI is InChI=1S/C12H10ClIN2/c1-7-4-3-5-9(6-7)12-15-8(2)10(14)11(13)16-12/h3-6H,1-2H3. The summed E-state index contributed by atoms with van der Waals surface area (Å²) in [6.07, 6.45) is 0. The van der Waals surface area contributed by atoms with Crippen molar-refractivity contribution in [2.45, 2.75) is 13.8 Å². The van der Waals surface area contributed by atoms with Gasteiger partial charge in [-0.15, -0.1) is 0 Å². The van der Waals surface area contributed by atoms with Gasteiger partial charge < -0.3 is 0 Å². The third-order valence-electron chi connectivity index (χ3n) is 2.25. The van der Waals surface area contributed by atoms with Crippen molar-refractivity contribution in [1.29, 1.82) is 0 Å². The van der Waals surface area contributed by atoms with Crippen LogP contribution in [0.15, 0.2) is 24.3 Å². The van der Waals surface area contributed by atoms with Crippen LogP contribution in [-0.4, -0.2) is 9.97 Å². The maximum Gasteiger partial charge on any atom is 0.161 e. The summed E-state index contributed by atoms with van der Waals surface area (Å²) in [5, 5.41) is 0.518. The molecule has 0 spiro atoms. The summed E-state index contributed by atoms with van der Waals surface area (Å²) in [7, 11) is 0. The van der Waals surface area contributed by atoms with Crippen molar-refractivity contribution in [3.05, 3.63) is 44.2 Å². The number of aryl methyl sites for hydroxylation is 2. The molecule has 0 unspecified atom stereocenters. The van der Waals surface area contributed by atoms with Crippen LogP contribution in [0.1, 0.15) is 11.3 Å². The molecule has 0 N–H and O–H groups in total. The third kappa shape index (κ3) is 2.35. The Labute approximate surface area is 113 Å². The molecule has 1 heterocycles. The molecule has 2 aromatic rings. The van der Waals surface area contributed by atoms with E-state index < -0.39 is 0 Å². The number of hydrogen-bond donors (Lipinski definition) is 0. The fourth-order valence-electron chi connectivity index (χ4n) is 1.44. The normalized spacial score (nSPS) is 10.5. The van der Waals surface area contributed by atoms with E-state index in [1.165, 1.54) is 5.56 Å². The molecule has 1 aromatic carbocycles. The van der Waals surface area contributed by atoms with E-state index in [4.69, 9.17) is 11.6 Å². The number of benzene rings is 1. The van der Waals surface area contributed by atoms with Crippen molar-refractivity contribution in [1.82, 2.24) is 9.97 Å². The molecule has 4 heteroatoms. The minimum Gasteiger partial charge on any atom is -0.232 e. The molecule has 0 aliphatic rings. The van der Waals surface area contributed by atoms with Gasteiger partial charge in [0.25, 0.3) is 0 Å². The number of rotatable bonds is 1. The van der Waals surface area contributed by atoms with Crippen LogP contribution in [-0.2, 0) is 0 Å².